The number of nitrogens with one attached hydrogen (secondary N) is 1. The van der Waals surface area contributed by atoms with Crippen LogP contribution in [0.3, 0.4) is 0 Å². The van der Waals surface area contributed by atoms with Crippen LogP contribution in [0.4, 0.5) is 0 Å². The van der Waals surface area contributed by atoms with Crippen molar-refractivity contribution < 1.29 is 9.90 Å². The average Bonchev–Trinajstić information content (AvgIpc) is 3.21. The second-order valence-electron chi connectivity index (χ2n) is 9.55. The smallest absolute Gasteiger partial charge is 0.236 e. The molecule has 6 nitrogen and oxygen atoms in total. The van der Waals surface area contributed by atoms with Gasteiger partial charge >= 0.3 is 0 Å². The van der Waals surface area contributed by atoms with Crippen molar-refractivity contribution in [3.8, 4) is 0 Å². The van der Waals surface area contributed by atoms with Gasteiger partial charge in [0.2, 0.25) is 5.91 Å². The zero-order valence-corrected chi connectivity index (χ0v) is 18.8. The van der Waals surface area contributed by atoms with Crippen molar-refractivity contribution in [1.29, 1.82) is 0 Å². The Labute approximate surface area is 183 Å². The van der Waals surface area contributed by atoms with E-state index in [-0.39, 0.29) is 11.3 Å². The molecule has 1 atom stereocenters. The van der Waals surface area contributed by atoms with E-state index in [0.29, 0.717) is 17.5 Å². The number of nitrogens with zero attached hydrogens (tertiary/aromatic N) is 3. The van der Waals surface area contributed by atoms with Crippen LogP contribution in [-0.2, 0) is 4.79 Å². The summed E-state index contributed by atoms with van der Waals surface area (Å²) in [4.78, 5) is 17.0. The number of H-pyrrole nitrogens is 1. The summed E-state index contributed by atoms with van der Waals surface area (Å²) < 4.78 is 0. The summed E-state index contributed by atoms with van der Waals surface area (Å²) in [6, 6.07) is 3.70. The monoisotopic (exact) mass is 432 g/mol. The molecule has 0 spiro atoms. The Morgan fingerprint density at radius 3 is 2.63 bits per heavy atom. The van der Waals surface area contributed by atoms with Gasteiger partial charge in [-0.2, -0.15) is 5.10 Å². The number of benzene rings is 1. The number of hydrogen-bond donors (Lipinski definition) is 2. The van der Waals surface area contributed by atoms with Gasteiger partial charge in [0.25, 0.3) is 0 Å². The van der Waals surface area contributed by atoms with E-state index in [0.717, 1.165) is 55.5 Å². The number of likely N-dealkylation sites (tertiary alicyclic amines) is 2. The molecule has 2 fully saturated rings. The molecule has 30 heavy (non-hydrogen) atoms. The number of amides is 1. The Morgan fingerprint density at radius 2 is 1.93 bits per heavy atom. The number of carbonyl (C=O) groups excluding carboxylic acids is 1. The van der Waals surface area contributed by atoms with E-state index in [1.807, 2.05) is 17.0 Å². The fraction of sp³-hybridized carbons (Fsp3) is 0.652. The summed E-state index contributed by atoms with van der Waals surface area (Å²) in [7, 11) is 0. The Morgan fingerprint density at radius 1 is 1.23 bits per heavy atom. The first-order valence-corrected chi connectivity index (χ1v) is 11.5. The van der Waals surface area contributed by atoms with Crippen molar-refractivity contribution in [2.75, 3.05) is 32.7 Å². The van der Waals surface area contributed by atoms with E-state index in [4.69, 9.17) is 11.6 Å². The predicted molar refractivity (Wildman–Crippen MR) is 119 cm³/mol. The number of fused-ring (bicyclic) bond motifs is 1. The lowest BCUT2D eigenvalue weighted by molar-refractivity contribution is -0.135. The van der Waals surface area contributed by atoms with E-state index in [1.165, 1.54) is 19.3 Å². The zero-order valence-electron chi connectivity index (χ0n) is 18.0. The van der Waals surface area contributed by atoms with Crippen LogP contribution in [0.25, 0.3) is 10.9 Å². The zero-order chi connectivity index (χ0) is 21.3. The van der Waals surface area contributed by atoms with Gasteiger partial charge in [0.05, 0.1) is 24.4 Å². The second-order valence-corrected chi connectivity index (χ2v) is 9.98. The Kier molecular flexibility index (Phi) is 6.37. The number of hydrogen-bond acceptors (Lipinski definition) is 4. The van der Waals surface area contributed by atoms with Crippen molar-refractivity contribution in [3.63, 3.8) is 0 Å². The largest absolute Gasteiger partial charge is 0.388 e. The van der Waals surface area contributed by atoms with Crippen LogP contribution in [0.5, 0.6) is 0 Å². The number of aliphatic hydroxyl groups is 1. The van der Waals surface area contributed by atoms with Gasteiger partial charge in [-0.15, -0.1) is 0 Å². The maximum Gasteiger partial charge on any atom is 0.236 e. The highest BCUT2D eigenvalue weighted by molar-refractivity contribution is 6.31. The molecule has 0 radical (unpaired) electrons. The van der Waals surface area contributed by atoms with Crippen molar-refractivity contribution in [1.82, 2.24) is 20.0 Å². The fourth-order valence-electron chi connectivity index (χ4n) is 5.17. The fourth-order valence-corrected chi connectivity index (χ4v) is 5.40. The van der Waals surface area contributed by atoms with Crippen molar-refractivity contribution in [2.45, 2.75) is 52.1 Å². The SMILES string of the molecule is CC(C)(C1CCN(C(=O)CN2CCCCC2)CC1)[C@H](O)c1cc(Cl)cc2cn[nH]c12. The number of halogens is 1. The number of aliphatic hydroxyl groups excluding tert-OH is 1. The third-order valence-electron chi connectivity index (χ3n) is 7.25. The molecule has 7 heteroatoms. The van der Waals surface area contributed by atoms with Crippen LogP contribution in [-0.4, -0.2) is 63.7 Å². The predicted octanol–water partition coefficient (Wildman–Crippen LogP) is 4.00. The van der Waals surface area contributed by atoms with Gasteiger partial charge in [0.15, 0.2) is 0 Å². The summed E-state index contributed by atoms with van der Waals surface area (Å²) in [6.45, 7) is 8.42. The summed E-state index contributed by atoms with van der Waals surface area (Å²) in [5.74, 6) is 0.575. The van der Waals surface area contributed by atoms with Gasteiger partial charge in [0, 0.05) is 29.1 Å². The highest BCUT2D eigenvalue weighted by Gasteiger charge is 2.40. The molecule has 2 aromatic rings. The van der Waals surface area contributed by atoms with Gasteiger partial charge in [-0.05, 0) is 62.2 Å². The summed E-state index contributed by atoms with van der Waals surface area (Å²) in [6.07, 6.45) is 6.57. The maximum atomic E-state index is 12.7. The van der Waals surface area contributed by atoms with E-state index >= 15 is 0 Å². The lowest BCUT2D eigenvalue weighted by atomic mass is 9.68. The average molecular weight is 433 g/mol. The minimum atomic E-state index is -0.667. The number of carbonyl (C=O) groups is 1. The molecule has 1 aromatic heterocycles. The minimum Gasteiger partial charge on any atom is -0.388 e. The number of aromatic amines is 1. The van der Waals surface area contributed by atoms with Gasteiger partial charge in [0.1, 0.15) is 0 Å². The molecular formula is C23H33ClN4O2. The second kappa shape index (κ2) is 8.85. The molecule has 3 heterocycles. The van der Waals surface area contributed by atoms with E-state index in [9.17, 15) is 9.90 Å². The van der Waals surface area contributed by atoms with Gasteiger partial charge < -0.3 is 10.0 Å². The van der Waals surface area contributed by atoms with Crippen molar-refractivity contribution in [2.24, 2.45) is 11.3 Å². The maximum absolute atomic E-state index is 12.7. The lowest BCUT2D eigenvalue weighted by Crippen LogP contribution is -2.47. The first kappa shape index (κ1) is 21.6. The van der Waals surface area contributed by atoms with Crippen LogP contribution in [0.1, 0.15) is 57.6 Å². The van der Waals surface area contributed by atoms with Crippen LogP contribution in [0.2, 0.25) is 5.02 Å². The highest BCUT2D eigenvalue weighted by atomic mass is 35.5. The number of piperidine rings is 2. The molecule has 164 valence electrons. The number of aromatic nitrogens is 2. The van der Waals surface area contributed by atoms with Crippen LogP contribution >= 0.6 is 11.6 Å². The molecule has 0 aliphatic carbocycles. The standard InChI is InChI=1S/C23H33ClN4O2/c1-23(2,22(30)19-13-18(24)12-16-14-25-26-21(16)19)17-6-10-28(11-7-17)20(29)15-27-8-4-3-5-9-27/h12-14,17,22,30H,3-11,15H2,1-2H3,(H,25,26)/t22-/m1/s1. The molecule has 1 aromatic carbocycles. The third-order valence-corrected chi connectivity index (χ3v) is 7.47. The van der Waals surface area contributed by atoms with Crippen molar-refractivity contribution in [3.05, 3.63) is 28.9 Å². The molecule has 2 N–H and O–H groups in total. The Bertz CT molecular complexity index is 882. The molecule has 2 aliphatic heterocycles. The number of rotatable bonds is 5. The van der Waals surface area contributed by atoms with Crippen LogP contribution in [0, 0.1) is 11.3 Å². The van der Waals surface area contributed by atoms with Gasteiger partial charge in [-0.25, -0.2) is 0 Å². The van der Waals surface area contributed by atoms with Crippen LogP contribution < -0.4 is 0 Å². The normalized spacial score (nSPS) is 20.6. The molecule has 0 unspecified atom stereocenters. The summed E-state index contributed by atoms with van der Waals surface area (Å²) >= 11 is 6.29. The Hall–Kier alpha value is -1.63. The topological polar surface area (TPSA) is 72.5 Å². The van der Waals surface area contributed by atoms with Crippen molar-refractivity contribution >= 4 is 28.4 Å². The summed E-state index contributed by atoms with van der Waals surface area (Å²) in [5.41, 5.74) is 1.29. The minimum absolute atomic E-state index is 0.253. The molecule has 4 rings (SSSR count). The first-order chi connectivity index (χ1) is 14.4. The molecule has 2 saturated heterocycles. The third kappa shape index (κ3) is 4.36. The molecule has 0 bridgehead atoms. The highest BCUT2D eigenvalue weighted by Crippen LogP contribution is 2.46. The van der Waals surface area contributed by atoms with E-state index in [1.54, 1.807) is 6.20 Å². The Balaban J connectivity index is 1.40. The lowest BCUT2D eigenvalue weighted by Gasteiger charge is -2.43. The van der Waals surface area contributed by atoms with E-state index < -0.39 is 6.10 Å². The quantitative estimate of drug-likeness (QED) is 0.748. The van der Waals surface area contributed by atoms with Gasteiger partial charge in [-0.1, -0.05) is 31.9 Å². The van der Waals surface area contributed by atoms with Crippen LogP contribution in [0.15, 0.2) is 18.3 Å². The molecular weight excluding hydrogens is 400 g/mol. The first-order valence-electron chi connectivity index (χ1n) is 11.2. The molecule has 2 aliphatic rings. The molecule has 1 amide bonds. The molecule has 0 saturated carbocycles. The summed E-state index contributed by atoms with van der Waals surface area (Å²) in [5, 5.41) is 20.0. The van der Waals surface area contributed by atoms with Gasteiger partial charge in [-0.3, -0.25) is 14.8 Å². The van der Waals surface area contributed by atoms with E-state index in [2.05, 4.69) is 28.9 Å².